The Morgan fingerprint density at radius 2 is 1.57 bits per heavy atom. The molecule has 23 heavy (non-hydrogen) atoms. The number of aliphatic hydroxyl groups excluding tert-OH is 7. The van der Waals surface area contributed by atoms with Gasteiger partial charge in [-0.3, -0.25) is 4.90 Å². The van der Waals surface area contributed by atoms with Gasteiger partial charge in [0.25, 0.3) is 0 Å². The quantitative estimate of drug-likeness (QED) is 0.264. The van der Waals surface area contributed by atoms with E-state index in [9.17, 15) is 30.6 Å². The van der Waals surface area contributed by atoms with E-state index in [0.717, 1.165) is 0 Å². The molecule has 136 valence electrons. The van der Waals surface area contributed by atoms with E-state index in [2.05, 4.69) is 0 Å². The fourth-order valence-electron chi connectivity index (χ4n) is 2.96. The zero-order chi connectivity index (χ0) is 17.3. The first-order valence-corrected chi connectivity index (χ1v) is 7.45. The Kier molecular flexibility index (Phi) is 6.30. The van der Waals surface area contributed by atoms with Crippen LogP contribution in [-0.4, -0.2) is 123 Å². The summed E-state index contributed by atoms with van der Waals surface area (Å²) >= 11 is 0. The zero-order valence-electron chi connectivity index (χ0n) is 12.7. The van der Waals surface area contributed by atoms with Crippen molar-refractivity contribution in [3.05, 3.63) is 0 Å². The second-order valence-electron chi connectivity index (χ2n) is 6.04. The van der Waals surface area contributed by atoms with Crippen LogP contribution < -0.4 is 0 Å². The normalized spacial score (nSPS) is 49.3. The summed E-state index contributed by atoms with van der Waals surface area (Å²) < 4.78 is 10.7. The van der Waals surface area contributed by atoms with Crippen molar-refractivity contribution >= 4 is 0 Å². The van der Waals surface area contributed by atoms with Gasteiger partial charge in [-0.05, 0) is 7.05 Å². The number of hydrogen-bond acceptors (Lipinski definition) is 10. The lowest BCUT2D eigenvalue weighted by molar-refractivity contribution is -0.324. The van der Waals surface area contributed by atoms with E-state index in [1.165, 1.54) is 0 Å². The van der Waals surface area contributed by atoms with Crippen molar-refractivity contribution in [2.45, 2.75) is 55.1 Å². The smallest absolute Gasteiger partial charge is 0.187 e. The lowest BCUT2D eigenvalue weighted by Gasteiger charge is -2.46. The molecule has 2 fully saturated rings. The van der Waals surface area contributed by atoms with Crippen molar-refractivity contribution in [1.82, 2.24) is 4.90 Å². The Balaban J connectivity index is 2.05. The number of aliphatic hydroxyl groups is 7. The molecule has 2 aliphatic rings. The van der Waals surface area contributed by atoms with Crippen molar-refractivity contribution in [1.29, 1.82) is 0 Å². The highest BCUT2D eigenvalue weighted by molar-refractivity contribution is 4.95. The fraction of sp³-hybridized carbons (Fsp3) is 1.00. The molecule has 7 N–H and O–H groups in total. The van der Waals surface area contributed by atoms with Crippen LogP contribution in [0.15, 0.2) is 0 Å². The van der Waals surface area contributed by atoms with E-state index < -0.39 is 61.7 Å². The van der Waals surface area contributed by atoms with Crippen LogP contribution in [0.2, 0.25) is 0 Å². The van der Waals surface area contributed by atoms with Crippen molar-refractivity contribution in [3.63, 3.8) is 0 Å². The molecule has 2 saturated heterocycles. The monoisotopic (exact) mass is 339 g/mol. The predicted molar refractivity (Wildman–Crippen MR) is 74.2 cm³/mol. The summed E-state index contributed by atoms with van der Waals surface area (Å²) in [6.45, 7) is -0.799. The van der Waals surface area contributed by atoms with E-state index >= 15 is 0 Å². The second kappa shape index (κ2) is 7.66. The minimum Gasteiger partial charge on any atom is -0.395 e. The SMILES string of the molecule is CN1C[C@H](O[C@H]2O[C@H](CO)[C@H](O)[C@H](O)[C@H]2O)[C@@H](O)[C@H](O)[C@H]1CO. The van der Waals surface area contributed by atoms with Gasteiger partial charge in [0.1, 0.15) is 42.7 Å². The molecule has 0 aromatic heterocycles. The van der Waals surface area contributed by atoms with Gasteiger partial charge in [-0.25, -0.2) is 0 Å². The Hall–Kier alpha value is -0.400. The summed E-state index contributed by atoms with van der Waals surface area (Å²) in [5.41, 5.74) is 0. The summed E-state index contributed by atoms with van der Waals surface area (Å²) in [6, 6.07) is -0.653. The molecular formula is C13H25NO9. The minimum atomic E-state index is -1.59. The molecule has 0 saturated carbocycles. The van der Waals surface area contributed by atoms with Crippen LogP contribution >= 0.6 is 0 Å². The molecule has 2 heterocycles. The molecule has 0 aromatic carbocycles. The molecule has 2 rings (SSSR count). The molecule has 0 spiro atoms. The van der Waals surface area contributed by atoms with Crippen molar-refractivity contribution < 1.29 is 45.2 Å². The van der Waals surface area contributed by atoms with E-state index in [-0.39, 0.29) is 13.2 Å². The van der Waals surface area contributed by atoms with Crippen LogP contribution in [0.1, 0.15) is 0 Å². The van der Waals surface area contributed by atoms with Crippen molar-refractivity contribution in [2.75, 3.05) is 26.8 Å². The van der Waals surface area contributed by atoms with Crippen LogP contribution in [0.5, 0.6) is 0 Å². The van der Waals surface area contributed by atoms with E-state index in [4.69, 9.17) is 14.6 Å². The maximum Gasteiger partial charge on any atom is 0.187 e. The summed E-state index contributed by atoms with van der Waals surface area (Å²) in [4.78, 5) is 1.59. The molecule has 0 aromatic rings. The molecule has 9 atom stereocenters. The molecule has 0 radical (unpaired) electrons. The Morgan fingerprint density at radius 3 is 2.13 bits per heavy atom. The minimum absolute atomic E-state index is 0.137. The molecule has 10 heteroatoms. The average molecular weight is 339 g/mol. The first-order chi connectivity index (χ1) is 10.8. The maximum atomic E-state index is 10.1. The van der Waals surface area contributed by atoms with E-state index in [0.29, 0.717) is 0 Å². The highest BCUT2D eigenvalue weighted by Crippen LogP contribution is 2.26. The fourth-order valence-corrected chi connectivity index (χ4v) is 2.96. The van der Waals surface area contributed by atoms with Gasteiger partial charge in [0.15, 0.2) is 6.29 Å². The van der Waals surface area contributed by atoms with E-state index in [1.54, 1.807) is 11.9 Å². The van der Waals surface area contributed by atoms with Gasteiger partial charge in [0.2, 0.25) is 0 Å². The number of rotatable bonds is 4. The number of nitrogens with zero attached hydrogens (tertiary/aromatic N) is 1. The summed E-state index contributed by atoms with van der Waals surface area (Å²) in [6.07, 6.45) is -10.7. The van der Waals surface area contributed by atoms with E-state index in [1.807, 2.05) is 0 Å². The second-order valence-corrected chi connectivity index (χ2v) is 6.04. The van der Waals surface area contributed by atoms with Gasteiger partial charge in [-0.15, -0.1) is 0 Å². The van der Waals surface area contributed by atoms with Crippen LogP contribution in [0.4, 0.5) is 0 Å². The van der Waals surface area contributed by atoms with Crippen LogP contribution in [0.3, 0.4) is 0 Å². The number of likely N-dealkylation sites (N-methyl/N-ethyl adjacent to an activating group) is 1. The summed E-state index contributed by atoms with van der Waals surface area (Å²) in [7, 11) is 1.62. The molecule has 0 unspecified atom stereocenters. The number of hydrogen-bond donors (Lipinski definition) is 7. The highest BCUT2D eigenvalue weighted by atomic mass is 16.7. The third-order valence-corrected chi connectivity index (χ3v) is 4.50. The number of piperidine rings is 1. The molecular weight excluding hydrogens is 314 g/mol. The first-order valence-electron chi connectivity index (χ1n) is 7.45. The highest BCUT2D eigenvalue weighted by Gasteiger charge is 2.48. The zero-order valence-corrected chi connectivity index (χ0v) is 12.7. The lowest BCUT2D eigenvalue weighted by atomic mass is 9.94. The van der Waals surface area contributed by atoms with Gasteiger partial charge >= 0.3 is 0 Å². The third kappa shape index (κ3) is 3.66. The average Bonchev–Trinajstić information content (AvgIpc) is 2.53. The van der Waals surface area contributed by atoms with Crippen molar-refractivity contribution in [2.24, 2.45) is 0 Å². The van der Waals surface area contributed by atoms with Crippen LogP contribution in [0.25, 0.3) is 0 Å². The van der Waals surface area contributed by atoms with Crippen LogP contribution in [0, 0.1) is 0 Å². The summed E-state index contributed by atoms with van der Waals surface area (Å²) in [5.74, 6) is 0. The van der Waals surface area contributed by atoms with Gasteiger partial charge in [0.05, 0.1) is 19.3 Å². The number of likely N-dealkylation sites (tertiary alicyclic amines) is 1. The largest absolute Gasteiger partial charge is 0.395 e. The predicted octanol–water partition coefficient (Wildman–Crippen LogP) is -4.80. The topological polar surface area (TPSA) is 163 Å². The van der Waals surface area contributed by atoms with Gasteiger partial charge in [-0.1, -0.05) is 0 Å². The maximum absolute atomic E-state index is 10.1. The number of ether oxygens (including phenoxy) is 2. The Morgan fingerprint density at radius 1 is 0.913 bits per heavy atom. The Bertz CT molecular complexity index is 384. The standard InChI is InChI=1S/C13H25NO9/c1-14-2-6(9(18)8(17)5(14)3-15)22-13-12(21)11(20)10(19)7(4-16)23-13/h5-13,15-21H,2-4H2,1H3/t5-,6+,7-,8-,9-,10+,11+,12-,13+/m1/s1. The molecule has 10 nitrogen and oxygen atoms in total. The lowest BCUT2D eigenvalue weighted by Crippen LogP contribution is -2.65. The summed E-state index contributed by atoms with van der Waals surface area (Å²) in [5, 5.41) is 67.8. The van der Waals surface area contributed by atoms with Gasteiger partial charge < -0.3 is 45.2 Å². The van der Waals surface area contributed by atoms with Crippen LogP contribution in [-0.2, 0) is 9.47 Å². The first kappa shape index (κ1) is 18.9. The van der Waals surface area contributed by atoms with Gasteiger partial charge in [-0.2, -0.15) is 0 Å². The third-order valence-electron chi connectivity index (χ3n) is 4.50. The Labute approximate surface area is 133 Å². The molecule has 0 amide bonds. The molecule has 2 aliphatic heterocycles. The van der Waals surface area contributed by atoms with Crippen molar-refractivity contribution in [3.8, 4) is 0 Å². The molecule has 0 bridgehead atoms. The molecule has 0 aliphatic carbocycles. The van der Waals surface area contributed by atoms with Gasteiger partial charge in [0, 0.05) is 6.54 Å².